The molecule has 0 saturated carbocycles. The predicted molar refractivity (Wildman–Crippen MR) is 71.0 cm³/mol. The highest BCUT2D eigenvalue weighted by molar-refractivity contribution is 7.90. The lowest BCUT2D eigenvalue weighted by molar-refractivity contribution is 0.520. The summed E-state index contributed by atoms with van der Waals surface area (Å²) < 4.78 is 51.6. The molecular formula is C11H8ClF2NO2S2. The number of nitrogens with two attached hydrogens (primary N) is 1. The largest absolute Gasteiger partial charge is 0.399 e. The Labute approximate surface area is 117 Å². The van der Waals surface area contributed by atoms with Crippen LogP contribution in [0.4, 0.5) is 14.5 Å². The first kappa shape index (κ1) is 14.2. The van der Waals surface area contributed by atoms with E-state index in [1.807, 2.05) is 0 Å². The lowest BCUT2D eigenvalue weighted by Crippen LogP contribution is -2.09. The van der Waals surface area contributed by atoms with Gasteiger partial charge in [-0.15, -0.1) is 11.3 Å². The molecule has 2 rings (SSSR count). The molecule has 19 heavy (non-hydrogen) atoms. The second kappa shape index (κ2) is 5.07. The number of nitrogen functional groups attached to an aromatic ring is 1. The topological polar surface area (TPSA) is 60.2 Å². The zero-order valence-corrected chi connectivity index (χ0v) is 11.7. The van der Waals surface area contributed by atoms with Crippen molar-refractivity contribution < 1.29 is 17.2 Å². The van der Waals surface area contributed by atoms with Crippen LogP contribution in [0.1, 0.15) is 4.88 Å². The summed E-state index contributed by atoms with van der Waals surface area (Å²) >= 11 is 6.72. The fourth-order valence-electron chi connectivity index (χ4n) is 1.57. The molecule has 2 N–H and O–H groups in total. The first-order valence-electron chi connectivity index (χ1n) is 5.01. The van der Waals surface area contributed by atoms with Crippen molar-refractivity contribution in [3.05, 3.63) is 45.1 Å². The minimum Gasteiger partial charge on any atom is -0.399 e. The summed E-state index contributed by atoms with van der Waals surface area (Å²) in [5, 5.41) is 0. The van der Waals surface area contributed by atoms with Gasteiger partial charge in [-0.25, -0.2) is 17.2 Å². The summed E-state index contributed by atoms with van der Waals surface area (Å²) in [6, 6.07) is 4.57. The van der Waals surface area contributed by atoms with Gasteiger partial charge in [-0.1, -0.05) is 11.6 Å². The number of hydrogen-bond donors (Lipinski definition) is 1. The van der Waals surface area contributed by atoms with Crippen molar-refractivity contribution in [1.29, 1.82) is 0 Å². The first-order valence-corrected chi connectivity index (χ1v) is 7.86. The number of thiophene rings is 1. The highest BCUT2D eigenvalue weighted by atomic mass is 35.5. The molecule has 1 aromatic heterocycles. The summed E-state index contributed by atoms with van der Waals surface area (Å²) in [5.74, 6) is -2.90. The number of rotatable bonds is 3. The van der Waals surface area contributed by atoms with Gasteiger partial charge >= 0.3 is 0 Å². The van der Waals surface area contributed by atoms with Crippen LogP contribution in [-0.2, 0) is 15.6 Å². The summed E-state index contributed by atoms with van der Waals surface area (Å²) in [7, 11) is -4.13. The molecule has 102 valence electrons. The van der Waals surface area contributed by atoms with Gasteiger partial charge in [-0.3, -0.25) is 0 Å². The van der Waals surface area contributed by atoms with E-state index in [9.17, 15) is 17.2 Å². The van der Waals surface area contributed by atoms with Gasteiger partial charge in [-0.2, -0.15) is 0 Å². The average molecular weight is 324 g/mol. The summed E-state index contributed by atoms with van der Waals surface area (Å²) in [5.41, 5.74) is 5.06. The highest BCUT2D eigenvalue weighted by Crippen LogP contribution is 2.28. The Morgan fingerprint density at radius 3 is 2.26 bits per heavy atom. The van der Waals surface area contributed by atoms with Crippen LogP contribution in [0.2, 0.25) is 4.34 Å². The maximum atomic E-state index is 13.6. The van der Waals surface area contributed by atoms with Crippen LogP contribution in [0.15, 0.2) is 29.2 Å². The van der Waals surface area contributed by atoms with Crippen molar-refractivity contribution in [1.82, 2.24) is 0 Å². The molecule has 3 nitrogen and oxygen atoms in total. The van der Waals surface area contributed by atoms with Gasteiger partial charge in [0, 0.05) is 10.6 Å². The van der Waals surface area contributed by atoms with Crippen LogP contribution in [-0.4, -0.2) is 8.42 Å². The second-order valence-electron chi connectivity index (χ2n) is 3.78. The molecule has 0 aliphatic carbocycles. The SMILES string of the molecule is Nc1cc(F)c(S(=O)(=O)Cc2ccc(Cl)s2)c(F)c1. The van der Waals surface area contributed by atoms with E-state index >= 15 is 0 Å². The summed E-state index contributed by atoms with van der Waals surface area (Å²) in [6.45, 7) is 0. The maximum Gasteiger partial charge on any atom is 0.189 e. The summed E-state index contributed by atoms with van der Waals surface area (Å²) in [6.07, 6.45) is 0. The molecule has 1 aromatic carbocycles. The van der Waals surface area contributed by atoms with Gasteiger partial charge in [-0.05, 0) is 24.3 Å². The molecule has 0 atom stereocenters. The van der Waals surface area contributed by atoms with E-state index in [2.05, 4.69) is 0 Å². The molecule has 0 amide bonds. The first-order chi connectivity index (χ1) is 8.79. The maximum absolute atomic E-state index is 13.6. The third-order valence-corrected chi connectivity index (χ3v) is 5.41. The summed E-state index contributed by atoms with van der Waals surface area (Å²) in [4.78, 5) is -0.563. The van der Waals surface area contributed by atoms with Crippen molar-refractivity contribution in [2.45, 2.75) is 10.6 Å². The van der Waals surface area contributed by atoms with Crippen LogP contribution in [0.25, 0.3) is 0 Å². The molecule has 0 saturated heterocycles. The molecule has 0 aliphatic heterocycles. The van der Waals surface area contributed by atoms with E-state index in [1.54, 1.807) is 0 Å². The molecule has 8 heteroatoms. The van der Waals surface area contributed by atoms with Crippen LogP contribution in [0.5, 0.6) is 0 Å². The smallest absolute Gasteiger partial charge is 0.189 e. The zero-order chi connectivity index (χ0) is 14.2. The molecular weight excluding hydrogens is 316 g/mol. The third-order valence-electron chi connectivity index (χ3n) is 2.29. The standard InChI is InChI=1S/C11H8ClF2NO2S2/c12-10-2-1-7(18-10)5-19(16,17)11-8(13)3-6(15)4-9(11)14/h1-4H,5,15H2. The van der Waals surface area contributed by atoms with Crippen molar-refractivity contribution in [3.63, 3.8) is 0 Å². The van der Waals surface area contributed by atoms with Crippen molar-refractivity contribution in [3.8, 4) is 0 Å². The zero-order valence-electron chi connectivity index (χ0n) is 9.36. The Bertz CT molecular complexity index is 705. The van der Waals surface area contributed by atoms with Crippen LogP contribution in [0, 0.1) is 11.6 Å². The van der Waals surface area contributed by atoms with E-state index in [4.69, 9.17) is 17.3 Å². The van der Waals surface area contributed by atoms with E-state index in [0.717, 1.165) is 23.5 Å². The number of hydrogen-bond acceptors (Lipinski definition) is 4. The fourth-order valence-corrected chi connectivity index (χ4v) is 4.48. The Morgan fingerprint density at radius 1 is 1.21 bits per heavy atom. The number of anilines is 1. The van der Waals surface area contributed by atoms with Gasteiger partial charge in [0.05, 0.1) is 10.1 Å². The molecule has 0 bridgehead atoms. The van der Waals surface area contributed by atoms with E-state index < -0.39 is 32.1 Å². The molecule has 0 radical (unpaired) electrons. The van der Waals surface area contributed by atoms with Gasteiger partial charge in [0.1, 0.15) is 16.5 Å². The molecule has 0 fully saturated rings. The third kappa shape index (κ3) is 3.05. The van der Waals surface area contributed by atoms with Crippen molar-refractivity contribution >= 4 is 38.5 Å². The normalized spacial score (nSPS) is 11.7. The number of halogens is 3. The Morgan fingerprint density at radius 2 is 1.79 bits per heavy atom. The molecule has 0 spiro atoms. The molecule has 0 unspecified atom stereocenters. The minimum atomic E-state index is -4.13. The van der Waals surface area contributed by atoms with Gasteiger partial charge in [0.15, 0.2) is 9.84 Å². The fraction of sp³-hybridized carbons (Fsp3) is 0.0909. The molecule has 2 aromatic rings. The minimum absolute atomic E-state index is 0.173. The number of benzene rings is 1. The van der Waals surface area contributed by atoms with Gasteiger partial charge in [0.25, 0.3) is 0 Å². The average Bonchev–Trinajstić information content (AvgIpc) is 2.60. The van der Waals surface area contributed by atoms with Crippen LogP contribution < -0.4 is 5.73 Å². The van der Waals surface area contributed by atoms with E-state index in [1.165, 1.54) is 12.1 Å². The van der Waals surface area contributed by atoms with Crippen molar-refractivity contribution in [2.24, 2.45) is 0 Å². The lowest BCUT2D eigenvalue weighted by Gasteiger charge is -2.06. The quantitative estimate of drug-likeness (QED) is 0.882. The van der Waals surface area contributed by atoms with Gasteiger partial charge in [0.2, 0.25) is 0 Å². The Kier molecular flexibility index (Phi) is 3.80. The second-order valence-corrected chi connectivity index (χ2v) is 7.50. The van der Waals surface area contributed by atoms with Crippen LogP contribution >= 0.6 is 22.9 Å². The monoisotopic (exact) mass is 323 g/mol. The molecule has 0 aliphatic rings. The highest BCUT2D eigenvalue weighted by Gasteiger charge is 2.25. The molecule has 1 heterocycles. The predicted octanol–water partition coefficient (Wildman–Crippen LogP) is 3.24. The van der Waals surface area contributed by atoms with Crippen LogP contribution in [0.3, 0.4) is 0 Å². The van der Waals surface area contributed by atoms with Gasteiger partial charge < -0.3 is 5.73 Å². The van der Waals surface area contributed by atoms with Crippen molar-refractivity contribution in [2.75, 3.05) is 5.73 Å². The Hall–Kier alpha value is -1.18. The lowest BCUT2D eigenvalue weighted by atomic mass is 10.3. The Balaban J connectivity index is 2.45. The number of sulfone groups is 1. The van der Waals surface area contributed by atoms with E-state index in [-0.39, 0.29) is 5.69 Å². The van der Waals surface area contributed by atoms with E-state index in [0.29, 0.717) is 9.21 Å².